The van der Waals surface area contributed by atoms with Gasteiger partial charge in [-0.05, 0) is 47.8 Å². The second-order valence-corrected chi connectivity index (χ2v) is 9.56. The van der Waals surface area contributed by atoms with Gasteiger partial charge in [-0.3, -0.25) is 9.52 Å². The maximum Gasteiger partial charge on any atom is 0.271 e. The summed E-state index contributed by atoms with van der Waals surface area (Å²) in [5.74, 6) is 0.588. The first-order valence-corrected chi connectivity index (χ1v) is 11.5. The molecular formula is C19H18N2O3S3. The lowest BCUT2D eigenvalue weighted by Gasteiger charge is -2.08. The van der Waals surface area contributed by atoms with E-state index in [1.165, 1.54) is 0 Å². The summed E-state index contributed by atoms with van der Waals surface area (Å²) in [7, 11) is -3.58. The lowest BCUT2D eigenvalue weighted by molar-refractivity contribution is 0.0956. The molecule has 0 aliphatic heterocycles. The van der Waals surface area contributed by atoms with Crippen LogP contribution in [0.3, 0.4) is 0 Å². The topological polar surface area (TPSA) is 75.3 Å². The van der Waals surface area contributed by atoms with Crippen LogP contribution in [0.5, 0.6) is 0 Å². The highest BCUT2D eigenvalue weighted by Crippen LogP contribution is 2.20. The van der Waals surface area contributed by atoms with Crippen LogP contribution in [0.15, 0.2) is 81.2 Å². The van der Waals surface area contributed by atoms with Crippen molar-refractivity contribution in [3.63, 3.8) is 0 Å². The number of rotatable bonds is 8. The third-order valence-electron chi connectivity index (χ3n) is 3.56. The molecule has 2 N–H and O–H groups in total. The standard InChI is InChI=1S/C19H18N2O3S3/c22-19(20-12-14-25-17-5-2-1-3-6-17)15-8-10-16(11-9-15)21-27(23,24)18-7-4-13-26-18/h1-11,13,21H,12,14H2,(H,20,22). The number of hydrogen-bond donors (Lipinski definition) is 2. The SMILES string of the molecule is O=C(NCCSc1ccccc1)c1ccc(NS(=O)(=O)c2cccs2)cc1. The van der Waals surface area contributed by atoms with E-state index >= 15 is 0 Å². The van der Waals surface area contributed by atoms with Gasteiger partial charge < -0.3 is 5.32 Å². The van der Waals surface area contributed by atoms with E-state index in [9.17, 15) is 13.2 Å². The molecule has 8 heteroatoms. The lowest BCUT2D eigenvalue weighted by atomic mass is 10.2. The highest BCUT2D eigenvalue weighted by Gasteiger charge is 2.15. The van der Waals surface area contributed by atoms with Crippen LogP contribution in [0.4, 0.5) is 5.69 Å². The lowest BCUT2D eigenvalue weighted by Crippen LogP contribution is -2.25. The van der Waals surface area contributed by atoms with Crippen molar-refractivity contribution in [1.29, 1.82) is 0 Å². The molecule has 0 atom stereocenters. The average Bonchev–Trinajstić information content (AvgIpc) is 3.22. The van der Waals surface area contributed by atoms with Crippen LogP contribution >= 0.6 is 23.1 Å². The summed E-state index contributed by atoms with van der Waals surface area (Å²) in [4.78, 5) is 13.3. The number of sulfonamides is 1. The van der Waals surface area contributed by atoms with Gasteiger partial charge in [0.1, 0.15) is 4.21 Å². The first kappa shape index (κ1) is 19.5. The second-order valence-electron chi connectivity index (χ2n) is 5.53. The Morgan fingerprint density at radius 2 is 1.70 bits per heavy atom. The molecule has 5 nitrogen and oxygen atoms in total. The minimum Gasteiger partial charge on any atom is -0.351 e. The number of thioether (sulfide) groups is 1. The average molecular weight is 419 g/mol. The molecule has 0 aliphatic rings. The van der Waals surface area contributed by atoms with Crippen LogP contribution in [0.1, 0.15) is 10.4 Å². The van der Waals surface area contributed by atoms with E-state index in [1.54, 1.807) is 53.5 Å². The van der Waals surface area contributed by atoms with Crippen molar-refractivity contribution in [2.75, 3.05) is 17.0 Å². The molecule has 0 fully saturated rings. The monoisotopic (exact) mass is 418 g/mol. The summed E-state index contributed by atoms with van der Waals surface area (Å²) in [6.07, 6.45) is 0. The Labute approximate surface area is 166 Å². The zero-order chi connectivity index (χ0) is 19.1. The molecule has 0 aliphatic carbocycles. The molecule has 0 spiro atoms. The quantitative estimate of drug-likeness (QED) is 0.427. The number of carbonyl (C=O) groups is 1. The van der Waals surface area contributed by atoms with Gasteiger partial charge in [-0.15, -0.1) is 23.1 Å². The van der Waals surface area contributed by atoms with E-state index in [-0.39, 0.29) is 10.1 Å². The van der Waals surface area contributed by atoms with Crippen molar-refractivity contribution < 1.29 is 13.2 Å². The minimum atomic E-state index is -3.58. The van der Waals surface area contributed by atoms with Crippen LogP contribution in [-0.2, 0) is 10.0 Å². The zero-order valence-electron chi connectivity index (χ0n) is 14.3. The second kappa shape index (κ2) is 9.07. The smallest absolute Gasteiger partial charge is 0.271 e. The summed E-state index contributed by atoms with van der Waals surface area (Å²) in [5.41, 5.74) is 0.901. The number of nitrogens with one attached hydrogen (secondary N) is 2. The number of hydrogen-bond acceptors (Lipinski definition) is 5. The Bertz CT molecular complexity index is 971. The van der Waals surface area contributed by atoms with Crippen molar-refractivity contribution >= 4 is 44.7 Å². The van der Waals surface area contributed by atoms with Crippen LogP contribution in [0.25, 0.3) is 0 Å². The fourth-order valence-corrected chi connectivity index (χ4v) is 5.10. The van der Waals surface area contributed by atoms with Crippen molar-refractivity contribution in [2.45, 2.75) is 9.10 Å². The molecule has 0 radical (unpaired) electrons. The van der Waals surface area contributed by atoms with E-state index in [2.05, 4.69) is 10.0 Å². The first-order chi connectivity index (χ1) is 13.0. The maximum absolute atomic E-state index is 12.2. The Morgan fingerprint density at radius 1 is 0.963 bits per heavy atom. The summed E-state index contributed by atoms with van der Waals surface area (Å²) < 4.78 is 27.1. The van der Waals surface area contributed by atoms with Crippen LogP contribution < -0.4 is 10.0 Å². The summed E-state index contributed by atoms with van der Waals surface area (Å²) >= 11 is 2.82. The van der Waals surface area contributed by atoms with Gasteiger partial charge in [0, 0.05) is 28.4 Å². The number of thiophene rings is 1. The molecule has 0 bridgehead atoms. The molecule has 3 rings (SSSR count). The van der Waals surface area contributed by atoms with Crippen LogP contribution in [-0.4, -0.2) is 26.6 Å². The molecule has 140 valence electrons. The molecule has 1 aromatic heterocycles. The zero-order valence-corrected chi connectivity index (χ0v) is 16.7. The first-order valence-electron chi connectivity index (χ1n) is 8.17. The normalized spacial score (nSPS) is 11.1. The van der Waals surface area contributed by atoms with E-state index in [0.29, 0.717) is 17.8 Å². The van der Waals surface area contributed by atoms with E-state index in [4.69, 9.17) is 0 Å². The molecule has 0 saturated heterocycles. The summed E-state index contributed by atoms with van der Waals surface area (Å²) in [6, 6.07) is 19.6. The predicted octanol–water partition coefficient (Wildman–Crippen LogP) is 4.07. The molecule has 3 aromatic rings. The molecular weight excluding hydrogens is 400 g/mol. The van der Waals surface area contributed by atoms with Gasteiger partial charge in [0.25, 0.3) is 15.9 Å². The van der Waals surface area contributed by atoms with Crippen molar-refractivity contribution in [2.24, 2.45) is 0 Å². The highest BCUT2D eigenvalue weighted by atomic mass is 32.2. The Kier molecular flexibility index (Phi) is 6.54. The third-order valence-corrected chi connectivity index (χ3v) is 7.35. The van der Waals surface area contributed by atoms with Crippen molar-refractivity contribution in [1.82, 2.24) is 5.32 Å². The predicted molar refractivity (Wildman–Crippen MR) is 111 cm³/mol. The minimum absolute atomic E-state index is 0.184. The fourth-order valence-electron chi connectivity index (χ4n) is 2.26. The van der Waals surface area contributed by atoms with Gasteiger partial charge in [0.2, 0.25) is 0 Å². The molecule has 0 unspecified atom stereocenters. The highest BCUT2D eigenvalue weighted by molar-refractivity contribution is 7.99. The van der Waals surface area contributed by atoms with Gasteiger partial charge in [-0.25, -0.2) is 8.42 Å². The van der Waals surface area contributed by atoms with Gasteiger partial charge >= 0.3 is 0 Å². The molecule has 0 saturated carbocycles. The molecule has 1 amide bonds. The van der Waals surface area contributed by atoms with Gasteiger partial charge in [-0.2, -0.15) is 0 Å². The Morgan fingerprint density at radius 3 is 2.37 bits per heavy atom. The molecule has 1 heterocycles. The van der Waals surface area contributed by atoms with Crippen molar-refractivity contribution in [3.05, 3.63) is 77.7 Å². The van der Waals surface area contributed by atoms with E-state index in [0.717, 1.165) is 22.0 Å². The number of benzene rings is 2. The summed E-state index contributed by atoms with van der Waals surface area (Å²) in [6.45, 7) is 0.547. The van der Waals surface area contributed by atoms with Crippen molar-refractivity contribution in [3.8, 4) is 0 Å². The van der Waals surface area contributed by atoms with E-state index < -0.39 is 10.0 Å². The van der Waals surface area contributed by atoms with Crippen LogP contribution in [0, 0.1) is 0 Å². The van der Waals surface area contributed by atoms with Crippen LogP contribution in [0.2, 0.25) is 0 Å². The maximum atomic E-state index is 12.2. The molecule has 27 heavy (non-hydrogen) atoms. The number of amides is 1. The fraction of sp³-hybridized carbons (Fsp3) is 0.105. The summed E-state index contributed by atoms with van der Waals surface area (Å²) in [5, 5.41) is 4.57. The third kappa shape index (κ3) is 5.59. The Balaban J connectivity index is 1.50. The largest absolute Gasteiger partial charge is 0.351 e. The number of carbonyl (C=O) groups excluding carboxylic acids is 1. The molecule has 2 aromatic carbocycles. The Hall–Kier alpha value is -2.29. The van der Waals surface area contributed by atoms with Gasteiger partial charge in [0.15, 0.2) is 0 Å². The van der Waals surface area contributed by atoms with Gasteiger partial charge in [0.05, 0.1) is 0 Å². The number of anilines is 1. The van der Waals surface area contributed by atoms with Gasteiger partial charge in [-0.1, -0.05) is 24.3 Å². The van der Waals surface area contributed by atoms with E-state index in [1.807, 2.05) is 30.3 Å².